The van der Waals surface area contributed by atoms with Crippen molar-refractivity contribution < 1.29 is 17.6 Å². The minimum atomic E-state index is -4.19. The molecular weight excluding hydrogens is 240 g/mol. The Morgan fingerprint density at radius 2 is 2.06 bits per heavy atom. The van der Waals surface area contributed by atoms with Crippen LogP contribution in [0.4, 0.5) is 29.3 Å². The fraction of sp³-hybridized carbons (Fsp3) is 0.556. The largest absolute Gasteiger partial charge is 0.389 e. The maximum absolute atomic E-state index is 13.1. The molecule has 8 heteroatoms. The van der Waals surface area contributed by atoms with Crippen LogP contribution in [0.15, 0.2) is 6.20 Å². The zero-order valence-electron chi connectivity index (χ0n) is 9.10. The lowest BCUT2D eigenvalue weighted by Crippen LogP contribution is -2.12. The Balaban J connectivity index is 2.46. The van der Waals surface area contributed by atoms with E-state index >= 15 is 0 Å². The van der Waals surface area contributed by atoms with Gasteiger partial charge in [0.1, 0.15) is 0 Å². The molecule has 0 amide bonds. The maximum atomic E-state index is 13.1. The molecule has 0 atom stereocenters. The van der Waals surface area contributed by atoms with Crippen molar-refractivity contribution in [2.24, 2.45) is 0 Å². The molecule has 0 aliphatic heterocycles. The van der Waals surface area contributed by atoms with E-state index in [4.69, 9.17) is 0 Å². The molecule has 1 heterocycles. The third-order valence-electron chi connectivity index (χ3n) is 1.90. The first kappa shape index (κ1) is 13.5. The summed E-state index contributed by atoms with van der Waals surface area (Å²) in [7, 11) is 1.56. The van der Waals surface area contributed by atoms with E-state index in [2.05, 4.69) is 20.6 Å². The fourth-order valence-corrected chi connectivity index (χ4v) is 1.11. The van der Waals surface area contributed by atoms with Crippen molar-refractivity contribution in [3.05, 3.63) is 12.0 Å². The summed E-state index contributed by atoms with van der Waals surface area (Å²) in [5, 5.41) is 5.09. The van der Waals surface area contributed by atoms with Gasteiger partial charge in [0.05, 0.1) is 6.20 Å². The molecule has 96 valence electrons. The number of nitrogens with one attached hydrogen (secondary N) is 2. The van der Waals surface area contributed by atoms with Crippen molar-refractivity contribution in [1.82, 2.24) is 9.97 Å². The molecule has 0 saturated heterocycles. The lowest BCUT2D eigenvalue weighted by Gasteiger charge is -2.09. The Morgan fingerprint density at radius 3 is 2.65 bits per heavy atom. The zero-order valence-corrected chi connectivity index (χ0v) is 9.10. The molecule has 17 heavy (non-hydrogen) atoms. The average Bonchev–Trinajstić information content (AvgIpc) is 2.25. The maximum Gasteiger partial charge on any atom is 0.389 e. The van der Waals surface area contributed by atoms with Crippen LogP contribution in [0, 0.1) is 5.82 Å². The van der Waals surface area contributed by atoms with Gasteiger partial charge in [-0.3, -0.25) is 0 Å². The van der Waals surface area contributed by atoms with Gasteiger partial charge in [0.15, 0.2) is 11.6 Å². The Hall–Kier alpha value is -1.60. The van der Waals surface area contributed by atoms with Crippen LogP contribution < -0.4 is 10.6 Å². The first-order valence-corrected chi connectivity index (χ1v) is 4.93. The highest BCUT2D eigenvalue weighted by Gasteiger charge is 2.25. The van der Waals surface area contributed by atoms with Gasteiger partial charge >= 0.3 is 6.18 Å². The second kappa shape index (κ2) is 5.65. The van der Waals surface area contributed by atoms with Crippen LogP contribution >= 0.6 is 0 Å². The molecule has 0 aliphatic carbocycles. The van der Waals surface area contributed by atoms with Gasteiger partial charge in [0, 0.05) is 20.0 Å². The minimum Gasteiger partial charge on any atom is -0.367 e. The van der Waals surface area contributed by atoms with Crippen molar-refractivity contribution in [3.63, 3.8) is 0 Å². The van der Waals surface area contributed by atoms with E-state index in [1.54, 1.807) is 7.05 Å². The third kappa shape index (κ3) is 4.83. The fourth-order valence-electron chi connectivity index (χ4n) is 1.11. The summed E-state index contributed by atoms with van der Waals surface area (Å²) < 4.78 is 48.7. The summed E-state index contributed by atoms with van der Waals surface area (Å²) in [6.45, 7) is -0.00338. The van der Waals surface area contributed by atoms with Crippen LogP contribution in [0.25, 0.3) is 0 Å². The van der Waals surface area contributed by atoms with Crippen LogP contribution in [0.3, 0.4) is 0 Å². The van der Waals surface area contributed by atoms with Crippen LogP contribution in [-0.2, 0) is 0 Å². The summed E-state index contributed by atoms with van der Waals surface area (Å²) >= 11 is 0. The van der Waals surface area contributed by atoms with Crippen LogP contribution in [0.5, 0.6) is 0 Å². The Bertz CT molecular complexity index is 367. The van der Waals surface area contributed by atoms with Gasteiger partial charge in [-0.1, -0.05) is 0 Å². The summed E-state index contributed by atoms with van der Waals surface area (Å²) in [6, 6.07) is 0. The Kier molecular flexibility index (Phi) is 4.47. The predicted molar refractivity (Wildman–Crippen MR) is 55.3 cm³/mol. The van der Waals surface area contributed by atoms with E-state index in [-0.39, 0.29) is 24.7 Å². The molecule has 0 radical (unpaired) electrons. The molecule has 1 aromatic rings. The van der Waals surface area contributed by atoms with Crippen LogP contribution in [0.2, 0.25) is 0 Å². The molecule has 2 N–H and O–H groups in total. The quantitative estimate of drug-likeness (QED) is 0.624. The zero-order chi connectivity index (χ0) is 12.9. The van der Waals surface area contributed by atoms with E-state index in [9.17, 15) is 17.6 Å². The standard InChI is InChI=1S/C9H12F4N4/c1-14-8-16-5-6(10)7(17-8)15-4-2-3-9(11,12)13/h5H,2-4H2,1H3,(H2,14,15,16,17). The molecule has 0 aliphatic rings. The SMILES string of the molecule is CNc1ncc(F)c(NCCCC(F)(F)F)n1. The number of hydrogen-bond donors (Lipinski definition) is 2. The second-order valence-electron chi connectivity index (χ2n) is 3.29. The molecule has 0 saturated carbocycles. The van der Waals surface area contributed by atoms with Gasteiger partial charge in [0.25, 0.3) is 0 Å². The van der Waals surface area contributed by atoms with E-state index in [1.165, 1.54) is 0 Å². The lowest BCUT2D eigenvalue weighted by molar-refractivity contribution is -0.134. The van der Waals surface area contributed by atoms with E-state index in [0.29, 0.717) is 0 Å². The third-order valence-corrected chi connectivity index (χ3v) is 1.90. The number of nitrogens with zero attached hydrogens (tertiary/aromatic N) is 2. The van der Waals surface area contributed by atoms with Crippen molar-refractivity contribution in [2.75, 3.05) is 24.2 Å². The lowest BCUT2D eigenvalue weighted by atomic mass is 10.3. The van der Waals surface area contributed by atoms with Gasteiger partial charge in [-0.2, -0.15) is 18.2 Å². The van der Waals surface area contributed by atoms with Crippen molar-refractivity contribution in [3.8, 4) is 0 Å². The first-order valence-electron chi connectivity index (χ1n) is 4.93. The monoisotopic (exact) mass is 252 g/mol. The minimum absolute atomic E-state index is 0.00338. The molecule has 1 rings (SSSR count). The normalized spacial score (nSPS) is 11.4. The molecular formula is C9H12F4N4. The molecule has 4 nitrogen and oxygen atoms in total. The van der Waals surface area contributed by atoms with Crippen molar-refractivity contribution in [1.29, 1.82) is 0 Å². The number of aromatic nitrogens is 2. The topological polar surface area (TPSA) is 49.8 Å². The number of rotatable bonds is 5. The second-order valence-corrected chi connectivity index (χ2v) is 3.29. The number of halogens is 4. The van der Waals surface area contributed by atoms with Crippen molar-refractivity contribution >= 4 is 11.8 Å². The molecule has 0 unspecified atom stereocenters. The molecule has 0 spiro atoms. The van der Waals surface area contributed by atoms with Crippen LogP contribution in [-0.4, -0.2) is 29.7 Å². The molecule has 0 bridgehead atoms. The summed E-state index contributed by atoms with van der Waals surface area (Å²) in [4.78, 5) is 7.34. The summed E-state index contributed by atoms with van der Waals surface area (Å²) in [5.74, 6) is -0.604. The van der Waals surface area contributed by atoms with Crippen LogP contribution in [0.1, 0.15) is 12.8 Å². The summed E-state index contributed by atoms with van der Waals surface area (Å²) in [6.07, 6.45) is -4.29. The van der Waals surface area contributed by atoms with Gasteiger partial charge in [0.2, 0.25) is 5.95 Å². The summed E-state index contributed by atoms with van der Waals surface area (Å²) in [5.41, 5.74) is 0. The number of hydrogen-bond acceptors (Lipinski definition) is 4. The number of anilines is 2. The molecule has 1 aromatic heterocycles. The highest BCUT2D eigenvalue weighted by Crippen LogP contribution is 2.21. The van der Waals surface area contributed by atoms with E-state index in [0.717, 1.165) is 6.20 Å². The number of alkyl halides is 3. The average molecular weight is 252 g/mol. The molecule has 0 aromatic carbocycles. The van der Waals surface area contributed by atoms with Gasteiger partial charge in [-0.15, -0.1) is 0 Å². The van der Waals surface area contributed by atoms with E-state index in [1.807, 2.05) is 0 Å². The Labute approximate surface area is 95.5 Å². The van der Waals surface area contributed by atoms with Gasteiger partial charge < -0.3 is 10.6 Å². The highest BCUT2D eigenvalue weighted by molar-refractivity contribution is 5.40. The Morgan fingerprint density at radius 1 is 1.35 bits per heavy atom. The van der Waals surface area contributed by atoms with Gasteiger partial charge in [-0.05, 0) is 6.42 Å². The van der Waals surface area contributed by atoms with E-state index < -0.39 is 18.4 Å². The molecule has 0 fully saturated rings. The first-order chi connectivity index (χ1) is 7.92. The van der Waals surface area contributed by atoms with Gasteiger partial charge in [-0.25, -0.2) is 9.37 Å². The smallest absolute Gasteiger partial charge is 0.367 e. The predicted octanol–water partition coefficient (Wildman–Crippen LogP) is 2.41. The van der Waals surface area contributed by atoms with Crippen molar-refractivity contribution in [2.45, 2.75) is 19.0 Å². The highest BCUT2D eigenvalue weighted by atomic mass is 19.4.